The summed E-state index contributed by atoms with van der Waals surface area (Å²) < 4.78 is 2.22. The summed E-state index contributed by atoms with van der Waals surface area (Å²) in [5.74, 6) is 0.624. The molecule has 0 atom stereocenters. The molecule has 0 spiro atoms. The van der Waals surface area contributed by atoms with E-state index in [1.807, 2.05) is 6.33 Å². The molecule has 0 aliphatic carbocycles. The van der Waals surface area contributed by atoms with E-state index in [2.05, 4.69) is 49.0 Å². The van der Waals surface area contributed by atoms with Crippen molar-refractivity contribution in [1.82, 2.24) is 14.9 Å². The van der Waals surface area contributed by atoms with E-state index >= 15 is 0 Å². The van der Waals surface area contributed by atoms with E-state index in [4.69, 9.17) is 4.98 Å². The van der Waals surface area contributed by atoms with Crippen LogP contribution in [0.1, 0.15) is 35.6 Å². The van der Waals surface area contributed by atoms with Crippen LogP contribution in [0, 0.1) is 13.8 Å². The van der Waals surface area contributed by atoms with Crippen molar-refractivity contribution in [3.05, 3.63) is 41.3 Å². The summed E-state index contributed by atoms with van der Waals surface area (Å²) >= 11 is 0. The Hall–Kier alpha value is -1.61. The molecule has 1 aliphatic heterocycles. The van der Waals surface area contributed by atoms with Crippen LogP contribution >= 0.6 is 0 Å². The minimum absolute atomic E-state index is 0.624. The maximum Gasteiger partial charge on any atom is 0.0953 e. The first kappa shape index (κ1) is 13.4. The van der Waals surface area contributed by atoms with Gasteiger partial charge in [-0.1, -0.05) is 17.7 Å². The molecule has 20 heavy (non-hydrogen) atoms. The average Bonchev–Trinajstić information content (AvgIpc) is 2.84. The second kappa shape index (κ2) is 5.41. The van der Waals surface area contributed by atoms with Crippen molar-refractivity contribution >= 4 is 0 Å². The summed E-state index contributed by atoms with van der Waals surface area (Å²) in [5.41, 5.74) is 6.48. The Bertz CT molecular complexity index is 607. The van der Waals surface area contributed by atoms with Crippen LogP contribution in [0.2, 0.25) is 0 Å². The van der Waals surface area contributed by atoms with Crippen molar-refractivity contribution in [3.8, 4) is 11.3 Å². The number of hydrogen-bond acceptors (Lipinski definition) is 2. The first-order valence-electron chi connectivity index (χ1n) is 7.46. The molecule has 1 aromatic carbocycles. The molecule has 0 bridgehead atoms. The molecule has 3 nitrogen and oxygen atoms in total. The van der Waals surface area contributed by atoms with Gasteiger partial charge < -0.3 is 9.88 Å². The predicted molar refractivity (Wildman–Crippen MR) is 83.0 cm³/mol. The van der Waals surface area contributed by atoms with Gasteiger partial charge in [0.2, 0.25) is 0 Å². The number of hydrogen-bond donors (Lipinski definition) is 1. The van der Waals surface area contributed by atoms with Gasteiger partial charge in [-0.2, -0.15) is 0 Å². The van der Waals surface area contributed by atoms with Crippen molar-refractivity contribution in [3.63, 3.8) is 0 Å². The fraction of sp³-hybridized carbons (Fsp3) is 0.471. The van der Waals surface area contributed by atoms with Crippen LogP contribution in [-0.2, 0) is 7.05 Å². The summed E-state index contributed by atoms with van der Waals surface area (Å²) in [5, 5.41) is 3.45. The minimum Gasteiger partial charge on any atom is -0.337 e. The molecular weight excluding hydrogens is 246 g/mol. The van der Waals surface area contributed by atoms with Crippen LogP contribution in [0.4, 0.5) is 0 Å². The van der Waals surface area contributed by atoms with Crippen molar-refractivity contribution in [1.29, 1.82) is 0 Å². The van der Waals surface area contributed by atoms with E-state index in [0.29, 0.717) is 5.92 Å². The minimum atomic E-state index is 0.624. The van der Waals surface area contributed by atoms with Gasteiger partial charge in [-0.05, 0) is 51.4 Å². The smallest absolute Gasteiger partial charge is 0.0953 e. The molecule has 0 unspecified atom stereocenters. The molecule has 3 heteroatoms. The van der Waals surface area contributed by atoms with Gasteiger partial charge in [0.15, 0.2) is 0 Å². The summed E-state index contributed by atoms with van der Waals surface area (Å²) in [4.78, 5) is 4.71. The molecule has 1 aromatic heterocycles. The lowest BCUT2D eigenvalue weighted by Gasteiger charge is -2.24. The maximum absolute atomic E-state index is 4.71. The Labute approximate surface area is 121 Å². The molecule has 3 rings (SSSR count). The van der Waals surface area contributed by atoms with E-state index in [9.17, 15) is 0 Å². The second-order valence-corrected chi connectivity index (χ2v) is 5.93. The SMILES string of the molecule is Cc1ccc(C)c(-c2ncn(C)c2C2CCNCC2)c1. The fourth-order valence-corrected chi connectivity index (χ4v) is 3.21. The molecule has 0 amide bonds. The monoisotopic (exact) mass is 269 g/mol. The van der Waals surface area contributed by atoms with E-state index in [0.717, 1.165) is 13.1 Å². The van der Waals surface area contributed by atoms with E-state index < -0.39 is 0 Å². The van der Waals surface area contributed by atoms with Crippen molar-refractivity contribution in [2.75, 3.05) is 13.1 Å². The molecular formula is C17H23N3. The lowest BCUT2D eigenvalue weighted by Crippen LogP contribution is -2.27. The zero-order valence-corrected chi connectivity index (χ0v) is 12.6. The highest BCUT2D eigenvalue weighted by Gasteiger charge is 2.23. The van der Waals surface area contributed by atoms with Gasteiger partial charge in [0.1, 0.15) is 0 Å². The lowest BCUT2D eigenvalue weighted by molar-refractivity contribution is 0.446. The third kappa shape index (κ3) is 2.38. The van der Waals surface area contributed by atoms with E-state index in [1.54, 1.807) is 0 Å². The van der Waals surface area contributed by atoms with E-state index in [1.165, 1.54) is 40.9 Å². The Morgan fingerprint density at radius 3 is 2.70 bits per heavy atom. The van der Waals surface area contributed by atoms with E-state index in [-0.39, 0.29) is 0 Å². The van der Waals surface area contributed by atoms with Crippen LogP contribution in [0.5, 0.6) is 0 Å². The number of rotatable bonds is 2. The van der Waals surface area contributed by atoms with Crippen LogP contribution in [-0.4, -0.2) is 22.6 Å². The third-order valence-electron chi connectivity index (χ3n) is 4.36. The normalized spacial score (nSPS) is 16.6. The third-order valence-corrected chi connectivity index (χ3v) is 4.36. The zero-order chi connectivity index (χ0) is 14.1. The van der Waals surface area contributed by atoms with Crippen LogP contribution < -0.4 is 5.32 Å². The standard InChI is InChI=1S/C17H23N3/c1-12-4-5-13(2)15(10-12)16-17(20(3)11-19-16)14-6-8-18-9-7-14/h4-5,10-11,14,18H,6-9H2,1-3H3. The van der Waals surface area contributed by atoms with Crippen molar-refractivity contribution < 1.29 is 0 Å². The highest BCUT2D eigenvalue weighted by molar-refractivity contribution is 5.67. The molecule has 1 saturated heterocycles. The summed E-state index contributed by atoms with van der Waals surface area (Å²) in [6.07, 6.45) is 4.38. The second-order valence-electron chi connectivity index (χ2n) is 5.93. The molecule has 2 aromatic rings. The number of nitrogens with one attached hydrogen (secondary N) is 1. The van der Waals surface area contributed by atoms with Gasteiger partial charge in [-0.25, -0.2) is 4.98 Å². The molecule has 1 fully saturated rings. The van der Waals surface area contributed by atoms with Gasteiger partial charge >= 0.3 is 0 Å². The predicted octanol–water partition coefficient (Wildman–Crippen LogP) is 3.17. The molecule has 0 radical (unpaired) electrons. The highest BCUT2D eigenvalue weighted by atomic mass is 15.0. The highest BCUT2D eigenvalue weighted by Crippen LogP contribution is 2.34. The number of benzene rings is 1. The van der Waals surface area contributed by atoms with Gasteiger partial charge in [-0.3, -0.25) is 0 Å². The molecule has 0 saturated carbocycles. The Balaban J connectivity index is 2.08. The zero-order valence-electron chi connectivity index (χ0n) is 12.6. The van der Waals surface area contributed by atoms with Gasteiger partial charge in [0, 0.05) is 24.2 Å². The van der Waals surface area contributed by atoms with Crippen LogP contribution in [0.25, 0.3) is 11.3 Å². The summed E-state index contributed by atoms with van der Waals surface area (Å²) in [6, 6.07) is 6.64. The molecule has 1 aliphatic rings. The fourth-order valence-electron chi connectivity index (χ4n) is 3.21. The van der Waals surface area contributed by atoms with Crippen molar-refractivity contribution in [2.45, 2.75) is 32.6 Å². The summed E-state index contributed by atoms with van der Waals surface area (Å²) in [6.45, 7) is 6.55. The largest absolute Gasteiger partial charge is 0.337 e. The Morgan fingerprint density at radius 2 is 1.95 bits per heavy atom. The number of imidazole rings is 1. The number of aryl methyl sites for hydroxylation is 3. The van der Waals surface area contributed by atoms with Crippen molar-refractivity contribution in [2.24, 2.45) is 7.05 Å². The maximum atomic E-state index is 4.71. The lowest BCUT2D eigenvalue weighted by atomic mass is 9.90. The quantitative estimate of drug-likeness (QED) is 0.907. The first-order valence-corrected chi connectivity index (χ1v) is 7.46. The average molecular weight is 269 g/mol. The van der Waals surface area contributed by atoms with Gasteiger partial charge in [0.05, 0.1) is 12.0 Å². The van der Waals surface area contributed by atoms with Crippen LogP contribution in [0.15, 0.2) is 24.5 Å². The first-order chi connectivity index (χ1) is 9.66. The topological polar surface area (TPSA) is 29.9 Å². The molecule has 2 heterocycles. The number of nitrogens with zero attached hydrogens (tertiary/aromatic N) is 2. The molecule has 106 valence electrons. The molecule has 1 N–H and O–H groups in total. The number of piperidine rings is 1. The summed E-state index contributed by atoms with van der Waals surface area (Å²) in [7, 11) is 2.12. The Morgan fingerprint density at radius 1 is 1.20 bits per heavy atom. The van der Waals surface area contributed by atoms with Gasteiger partial charge in [-0.15, -0.1) is 0 Å². The number of aromatic nitrogens is 2. The van der Waals surface area contributed by atoms with Gasteiger partial charge in [0.25, 0.3) is 0 Å². The van der Waals surface area contributed by atoms with Crippen LogP contribution in [0.3, 0.4) is 0 Å². The Kier molecular flexibility index (Phi) is 3.62.